The maximum atomic E-state index is 12.2. The van der Waals surface area contributed by atoms with Crippen LogP contribution in [0.1, 0.15) is 0 Å². The summed E-state index contributed by atoms with van der Waals surface area (Å²) in [5, 5.41) is 5.93. The van der Waals surface area contributed by atoms with Crippen molar-refractivity contribution in [3.63, 3.8) is 0 Å². The molecule has 0 aliphatic carbocycles. The van der Waals surface area contributed by atoms with Crippen molar-refractivity contribution in [3.8, 4) is 0 Å². The van der Waals surface area contributed by atoms with E-state index in [1.807, 2.05) is 0 Å². The minimum atomic E-state index is -2.44. The fourth-order valence-corrected chi connectivity index (χ4v) is 1.90. The highest BCUT2D eigenvalue weighted by molar-refractivity contribution is 7.99. The number of nitrogens with one attached hydrogen (secondary N) is 2. The summed E-state index contributed by atoms with van der Waals surface area (Å²) in [6.45, 7) is 0.0954. The van der Waals surface area contributed by atoms with Gasteiger partial charge in [0.25, 0.3) is 5.76 Å². The first-order valence-corrected chi connectivity index (χ1v) is 6.97. The van der Waals surface area contributed by atoms with Crippen LogP contribution in [-0.2, 0) is 4.79 Å². The van der Waals surface area contributed by atoms with E-state index in [0.29, 0.717) is 27.5 Å². The predicted molar refractivity (Wildman–Crippen MR) is 81.2 cm³/mol. The van der Waals surface area contributed by atoms with Crippen molar-refractivity contribution in [1.82, 2.24) is 10.2 Å². The number of hydrogen-bond acceptors (Lipinski definition) is 3. The molecule has 0 aliphatic heterocycles. The lowest BCUT2D eigenvalue weighted by Crippen LogP contribution is -2.38. The van der Waals surface area contributed by atoms with E-state index in [2.05, 4.69) is 10.6 Å². The Morgan fingerprint density at radius 1 is 1.35 bits per heavy atom. The molecule has 20 heavy (non-hydrogen) atoms. The highest BCUT2D eigenvalue weighted by Gasteiger charge is 2.06. The Bertz CT molecular complexity index is 466. The van der Waals surface area contributed by atoms with E-state index in [1.54, 1.807) is 38.4 Å². The number of thioether (sulfide) groups is 1. The highest BCUT2D eigenvalue weighted by Crippen LogP contribution is 2.26. The predicted octanol–water partition coefficient (Wildman–Crippen LogP) is 2.38. The van der Waals surface area contributed by atoms with Gasteiger partial charge in [-0.25, -0.2) is 0 Å². The first kappa shape index (κ1) is 16.6. The zero-order chi connectivity index (χ0) is 15.1. The summed E-state index contributed by atoms with van der Waals surface area (Å²) >= 11 is 5.51. The molecule has 0 saturated heterocycles. The molecular formula is C12H15F2N3OS2. The molecular weight excluding hydrogens is 304 g/mol. The minimum absolute atomic E-state index is 0.0954. The Kier molecular flexibility index (Phi) is 6.66. The number of anilines is 1. The summed E-state index contributed by atoms with van der Waals surface area (Å²) in [5.41, 5.74) is 0.665. The second-order valence-electron chi connectivity index (χ2n) is 4.00. The number of hydrogen-bond donors (Lipinski definition) is 2. The number of alkyl halides is 2. The van der Waals surface area contributed by atoms with Gasteiger partial charge in [0.15, 0.2) is 5.11 Å². The fraction of sp³-hybridized carbons (Fsp3) is 0.333. The third-order valence-corrected chi connectivity index (χ3v) is 3.21. The Labute approximate surface area is 125 Å². The van der Waals surface area contributed by atoms with Crippen LogP contribution in [0.4, 0.5) is 14.5 Å². The molecule has 110 valence electrons. The summed E-state index contributed by atoms with van der Waals surface area (Å²) in [4.78, 5) is 13.3. The molecule has 2 N–H and O–H groups in total. The van der Waals surface area contributed by atoms with Crippen molar-refractivity contribution in [3.05, 3.63) is 24.3 Å². The number of thiocarbonyl (C=S) groups is 1. The van der Waals surface area contributed by atoms with Crippen molar-refractivity contribution in [2.24, 2.45) is 0 Å². The number of carbonyl (C=O) groups excluding carboxylic acids is 1. The smallest absolute Gasteiger partial charge is 0.288 e. The molecule has 1 amide bonds. The highest BCUT2D eigenvalue weighted by atomic mass is 32.2. The summed E-state index contributed by atoms with van der Waals surface area (Å²) in [7, 11) is 3.31. The van der Waals surface area contributed by atoms with E-state index >= 15 is 0 Å². The van der Waals surface area contributed by atoms with E-state index < -0.39 is 5.76 Å². The Hall–Kier alpha value is -1.41. The quantitative estimate of drug-likeness (QED) is 0.644. The van der Waals surface area contributed by atoms with Crippen molar-refractivity contribution in [2.45, 2.75) is 10.7 Å². The normalized spacial score (nSPS) is 10.2. The average Bonchev–Trinajstić information content (AvgIpc) is 2.37. The molecule has 0 spiro atoms. The fourth-order valence-electron chi connectivity index (χ4n) is 1.21. The summed E-state index contributed by atoms with van der Waals surface area (Å²) in [6, 6.07) is 6.44. The van der Waals surface area contributed by atoms with Gasteiger partial charge in [0.1, 0.15) is 0 Å². The van der Waals surface area contributed by atoms with Crippen LogP contribution in [0, 0.1) is 0 Å². The number of amides is 1. The van der Waals surface area contributed by atoms with Crippen LogP contribution in [-0.4, -0.2) is 42.3 Å². The van der Waals surface area contributed by atoms with Crippen LogP contribution in [0.5, 0.6) is 0 Å². The Morgan fingerprint density at radius 2 is 1.95 bits per heavy atom. The summed E-state index contributed by atoms with van der Waals surface area (Å²) in [5.74, 6) is -2.54. The van der Waals surface area contributed by atoms with Gasteiger partial charge in [-0.2, -0.15) is 8.78 Å². The van der Waals surface area contributed by atoms with Crippen LogP contribution >= 0.6 is 24.0 Å². The molecule has 4 nitrogen and oxygen atoms in total. The van der Waals surface area contributed by atoms with E-state index in [0.717, 1.165) is 0 Å². The number of nitrogens with zero attached hydrogens (tertiary/aromatic N) is 1. The molecule has 0 heterocycles. The second kappa shape index (κ2) is 8.01. The molecule has 0 saturated carbocycles. The summed E-state index contributed by atoms with van der Waals surface area (Å²) < 4.78 is 24.3. The van der Waals surface area contributed by atoms with E-state index in [9.17, 15) is 13.6 Å². The van der Waals surface area contributed by atoms with Gasteiger partial charge in [0.05, 0.1) is 6.54 Å². The third kappa shape index (κ3) is 6.16. The zero-order valence-electron chi connectivity index (χ0n) is 11.0. The van der Waals surface area contributed by atoms with Crippen molar-refractivity contribution in [1.29, 1.82) is 0 Å². The van der Waals surface area contributed by atoms with Crippen molar-refractivity contribution < 1.29 is 13.6 Å². The van der Waals surface area contributed by atoms with Gasteiger partial charge in [-0.05, 0) is 36.5 Å². The van der Waals surface area contributed by atoms with E-state index in [1.165, 1.54) is 4.90 Å². The molecule has 0 aliphatic rings. The first-order chi connectivity index (χ1) is 9.38. The van der Waals surface area contributed by atoms with Gasteiger partial charge in [-0.1, -0.05) is 11.8 Å². The van der Waals surface area contributed by atoms with Gasteiger partial charge in [-0.3, -0.25) is 4.79 Å². The van der Waals surface area contributed by atoms with E-state index in [4.69, 9.17) is 12.2 Å². The number of carbonyl (C=O) groups is 1. The Morgan fingerprint density at radius 3 is 2.45 bits per heavy atom. The second-order valence-corrected chi connectivity index (χ2v) is 5.47. The van der Waals surface area contributed by atoms with Crippen LogP contribution in [0.3, 0.4) is 0 Å². The molecule has 0 radical (unpaired) electrons. The van der Waals surface area contributed by atoms with Gasteiger partial charge >= 0.3 is 0 Å². The standard InChI is InChI=1S/C12H15F2N3OS2/c1-17(2)10(18)7-15-12(19)16-8-3-5-9(6-4-8)20-11(13)14/h3-6,11H,7H2,1-2H3,(H2,15,16,19). The average molecular weight is 319 g/mol. The number of likely N-dealkylation sites (N-methyl/N-ethyl adjacent to an activating group) is 1. The molecule has 1 aromatic carbocycles. The van der Waals surface area contributed by atoms with Gasteiger partial charge < -0.3 is 15.5 Å². The molecule has 0 atom stereocenters. The monoisotopic (exact) mass is 319 g/mol. The third-order valence-electron chi connectivity index (χ3n) is 2.24. The van der Waals surface area contributed by atoms with Crippen molar-refractivity contribution >= 4 is 40.7 Å². The topological polar surface area (TPSA) is 44.4 Å². The zero-order valence-corrected chi connectivity index (χ0v) is 12.7. The van der Waals surface area contributed by atoms with Gasteiger partial charge in [0, 0.05) is 24.7 Å². The summed E-state index contributed by atoms with van der Waals surface area (Å²) in [6.07, 6.45) is 0. The van der Waals surface area contributed by atoms with Crippen LogP contribution in [0.15, 0.2) is 29.2 Å². The van der Waals surface area contributed by atoms with E-state index in [-0.39, 0.29) is 12.5 Å². The van der Waals surface area contributed by atoms with Crippen LogP contribution in [0.25, 0.3) is 0 Å². The van der Waals surface area contributed by atoms with Crippen LogP contribution in [0.2, 0.25) is 0 Å². The van der Waals surface area contributed by atoms with Gasteiger partial charge in [0.2, 0.25) is 5.91 Å². The lowest BCUT2D eigenvalue weighted by atomic mass is 10.3. The molecule has 8 heteroatoms. The van der Waals surface area contributed by atoms with Gasteiger partial charge in [-0.15, -0.1) is 0 Å². The maximum absolute atomic E-state index is 12.2. The molecule has 0 fully saturated rings. The minimum Gasteiger partial charge on any atom is -0.353 e. The maximum Gasteiger partial charge on any atom is 0.288 e. The molecule has 1 rings (SSSR count). The van der Waals surface area contributed by atoms with Crippen molar-refractivity contribution in [2.75, 3.05) is 26.0 Å². The SMILES string of the molecule is CN(C)C(=O)CNC(=S)Nc1ccc(SC(F)F)cc1. The molecule has 0 aromatic heterocycles. The number of rotatable bonds is 5. The lowest BCUT2D eigenvalue weighted by molar-refractivity contribution is -0.127. The first-order valence-electron chi connectivity index (χ1n) is 5.68. The molecule has 1 aromatic rings. The number of benzene rings is 1. The lowest BCUT2D eigenvalue weighted by Gasteiger charge is -2.13. The largest absolute Gasteiger partial charge is 0.353 e. The number of halogens is 2. The molecule has 0 bridgehead atoms. The Balaban J connectivity index is 2.44. The molecule has 0 unspecified atom stereocenters. The van der Waals surface area contributed by atoms with Crippen LogP contribution < -0.4 is 10.6 Å².